The summed E-state index contributed by atoms with van der Waals surface area (Å²) in [5, 5.41) is 0.695. The quantitative estimate of drug-likeness (QED) is 0.553. The molecule has 0 N–H and O–H groups in total. The molecule has 5 nitrogen and oxygen atoms in total. The standard InChI is InChI=1S/C25H22F3N3O2S/c1-14-19-7-6-16(25(26,27)28)8-21(19)34-22(14)24(33)30-10-17(11-30)29-12-18(13-29)31-9-15-4-2-3-5-20(15)23(31)32/h2-8,17-18H,9-13H2,1H3. The van der Waals surface area contributed by atoms with Crippen molar-refractivity contribution >= 4 is 33.2 Å². The average Bonchev–Trinajstić information content (AvgIpc) is 3.25. The lowest BCUT2D eigenvalue weighted by molar-refractivity contribution is -0.137. The molecule has 2 amide bonds. The number of rotatable bonds is 3. The number of benzene rings is 2. The van der Waals surface area contributed by atoms with Gasteiger partial charge in [-0.15, -0.1) is 11.3 Å². The molecule has 34 heavy (non-hydrogen) atoms. The molecular formula is C25H22F3N3O2S. The zero-order valence-corrected chi connectivity index (χ0v) is 19.2. The molecule has 3 aromatic rings. The Kier molecular flexibility index (Phi) is 4.80. The number of alkyl halides is 3. The second-order valence-corrected chi connectivity index (χ2v) is 10.4. The summed E-state index contributed by atoms with van der Waals surface area (Å²) in [4.78, 5) is 32.2. The molecule has 0 radical (unpaired) electrons. The van der Waals surface area contributed by atoms with Crippen molar-refractivity contribution in [2.24, 2.45) is 0 Å². The summed E-state index contributed by atoms with van der Waals surface area (Å²) in [7, 11) is 0. The minimum Gasteiger partial charge on any atom is -0.335 e. The van der Waals surface area contributed by atoms with Gasteiger partial charge in [-0.1, -0.05) is 24.3 Å². The van der Waals surface area contributed by atoms with Crippen LogP contribution in [0.5, 0.6) is 0 Å². The number of carbonyl (C=O) groups is 2. The van der Waals surface area contributed by atoms with Gasteiger partial charge in [-0.05, 0) is 41.6 Å². The predicted octanol–water partition coefficient (Wildman–Crippen LogP) is 4.39. The van der Waals surface area contributed by atoms with E-state index < -0.39 is 11.7 Å². The Morgan fingerprint density at radius 2 is 1.76 bits per heavy atom. The molecule has 9 heteroatoms. The van der Waals surface area contributed by atoms with E-state index in [-0.39, 0.29) is 23.9 Å². The summed E-state index contributed by atoms with van der Waals surface area (Å²) in [6.07, 6.45) is -4.40. The van der Waals surface area contributed by atoms with Crippen molar-refractivity contribution < 1.29 is 22.8 Å². The zero-order chi connectivity index (χ0) is 23.8. The van der Waals surface area contributed by atoms with Crippen LogP contribution in [-0.4, -0.2) is 64.8 Å². The normalized spacial score (nSPS) is 19.5. The molecule has 2 aromatic carbocycles. The first-order valence-corrected chi connectivity index (χ1v) is 12.0. The van der Waals surface area contributed by atoms with E-state index in [0.29, 0.717) is 34.6 Å². The Bertz CT molecular complexity index is 1320. The number of hydrogen-bond donors (Lipinski definition) is 0. The average molecular weight is 486 g/mol. The van der Waals surface area contributed by atoms with Crippen LogP contribution in [0.2, 0.25) is 0 Å². The van der Waals surface area contributed by atoms with E-state index >= 15 is 0 Å². The topological polar surface area (TPSA) is 43.9 Å². The fourth-order valence-electron chi connectivity index (χ4n) is 5.16. The van der Waals surface area contributed by atoms with Crippen LogP contribution in [0, 0.1) is 6.92 Å². The number of aryl methyl sites for hydroxylation is 1. The lowest BCUT2D eigenvalue weighted by Crippen LogP contribution is -2.70. The van der Waals surface area contributed by atoms with Crippen LogP contribution >= 0.6 is 11.3 Å². The van der Waals surface area contributed by atoms with Crippen molar-refractivity contribution in [3.8, 4) is 0 Å². The molecule has 0 spiro atoms. The highest BCUT2D eigenvalue weighted by Gasteiger charge is 2.45. The number of carbonyl (C=O) groups excluding carboxylic acids is 2. The first kappa shape index (κ1) is 21.6. The van der Waals surface area contributed by atoms with Crippen LogP contribution in [0.3, 0.4) is 0 Å². The third-order valence-corrected chi connectivity index (χ3v) is 8.55. The Balaban J connectivity index is 1.07. The van der Waals surface area contributed by atoms with E-state index in [1.54, 1.807) is 11.8 Å². The van der Waals surface area contributed by atoms with Crippen LogP contribution in [0.4, 0.5) is 13.2 Å². The van der Waals surface area contributed by atoms with Gasteiger partial charge in [-0.3, -0.25) is 14.5 Å². The minimum atomic E-state index is -4.40. The zero-order valence-electron chi connectivity index (χ0n) is 18.4. The van der Waals surface area contributed by atoms with E-state index in [0.717, 1.165) is 53.2 Å². The van der Waals surface area contributed by atoms with Crippen molar-refractivity contribution in [1.82, 2.24) is 14.7 Å². The van der Waals surface area contributed by atoms with Crippen molar-refractivity contribution in [3.63, 3.8) is 0 Å². The second kappa shape index (κ2) is 7.55. The molecule has 0 atom stereocenters. The van der Waals surface area contributed by atoms with Crippen molar-refractivity contribution in [1.29, 1.82) is 0 Å². The van der Waals surface area contributed by atoms with E-state index in [4.69, 9.17) is 0 Å². The van der Waals surface area contributed by atoms with Crippen molar-refractivity contribution in [2.45, 2.75) is 31.7 Å². The highest BCUT2D eigenvalue weighted by molar-refractivity contribution is 7.21. The molecular weight excluding hydrogens is 463 g/mol. The van der Waals surface area contributed by atoms with Gasteiger partial charge in [0.2, 0.25) is 0 Å². The molecule has 0 bridgehead atoms. The number of hydrogen-bond acceptors (Lipinski definition) is 4. The SMILES string of the molecule is Cc1c(C(=O)N2CC(N3CC(N4Cc5ccccc5C4=O)C3)C2)sc2cc(C(F)(F)F)ccc12. The first-order valence-electron chi connectivity index (χ1n) is 11.2. The summed E-state index contributed by atoms with van der Waals surface area (Å²) in [5.41, 5.74) is 1.91. The molecule has 3 aliphatic heterocycles. The monoisotopic (exact) mass is 485 g/mol. The summed E-state index contributed by atoms with van der Waals surface area (Å²) in [6, 6.07) is 11.8. The summed E-state index contributed by atoms with van der Waals surface area (Å²) < 4.78 is 39.6. The van der Waals surface area contributed by atoms with Gasteiger partial charge in [-0.2, -0.15) is 13.2 Å². The molecule has 4 heterocycles. The Hall–Kier alpha value is -2.91. The molecule has 3 aliphatic rings. The summed E-state index contributed by atoms with van der Waals surface area (Å²) >= 11 is 1.13. The molecule has 6 rings (SSSR count). The van der Waals surface area contributed by atoms with Crippen LogP contribution in [0.1, 0.15) is 36.7 Å². The van der Waals surface area contributed by atoms with Gasteiger partial charge in [0.25, 0.3) is 11.8 Å². The van der Waals surface area contributed by atoms with Gasteiger partial charge in [0.15, 0.2) is 0 Å². The maximum absolute atomic E-state index is 13.1. The van der Waals surface area contributed by atoms with E-state index in [9.17, 15) is 22.8 Å². The Morgan fingerprint density at radius 1 is 1.03 bits per heavy atom. The fraction of sp³-hybridized carbons (Fsp3) is 0.360. The van der Waals surface area contributed by atoms with Gasteiger partial charge in [0, 0.05) is 49.0 Å². The van der Waals surface area contributed by atoms with Gasteiger partial charge < -0.3 is 9.80 Å². The van der Waals surface area contributed by atoms with Crippen LogP contribution in [-0.2, 0) is 12.7 Å². The highest BCUT2D eigenvalue weighted by atomic mass is 32.1. The molecule has 176 valence electrons. The van der Waals surface area contributed by atoms with E-state index in [1.807, 2.05) is 29.2 Å². The lowest BCUT2D eigenvalue weighted by Gasteiger charge is -2.53. The number of amides is 2. The summed E-state index contributed by atoms with van der Waals surface area (Å²) in [5.74, 6) is -0.0228. The number of likely N-dealkylation sites (tertiary alicyclic amines) is 2. The second-order valence-electron chi connectivity index (χ2n) is 9.33. The molecule has 0 aliphatic carbocycles. The number of nitrogens with zero attached hydrogens (tertiary/aromatic N) is 3. The number of fused-ring (bicyclic) bond motifs is 2. The van der Waals surface area contributed by atoms with Crippen LogP contribution in [0.25, 0.3) is 10.1 Å². The fourth-order valence-corrected chi connectivity index (χ4v) is 6.37. The first-order chi connectivity index (χ1) is 16.2. The molecule has 0 saturated carbocycles. The number of thiophene rings is 1. The number of halogens is 3. The van der Waals surface area contributed by atoms with Gasteiger partial charge in [0.05, 0.1) is 16.5 Å². The van der Waals surface area contributed by atoms with Crippen molar-refractivity contribution in [2.75, 3.05) is 26.2 Å². The van der Waals surface area contributed by atoms with Gasteiger partial charge in [-0.25, -0.2) is 0 Å². The Labute approximate surface area is 198 Å². The third kappa shape index (κ3) is 3.32. The minimum absolute atomic E-state index is 0.0968. The van der Waals surface area contributed by atoms with Crippen LogP contribution < -0.4 is 0 Å². The van der Waals surface area contributed by atoms with Crippen molar-refractivity contribution in [3.05, 3.63) is 69.6 Å². The van der Waals surface area contributed by atoms with E-state index in [1.165, 1.54) is 6.07 Å². The molecule has 2 saturated heterocycles. The predicted molar refractivity (Wildman–Crippen MR) is 123 cm³/mol. The van der Waals surface area contributed by atoms with Gasteiger partial charge in [0.1, 0.15) is 0 Å². The van der Waals surface area contributed by atoms with Gasteiger partial charge >= 0.3 is 6.18 Å². The summed E-state index contributed by atoms with van der Waals surface area (Å²) in [6.45, 7) is 5.25. The van der Waals surface area contributed by atoms with E-state index in [2.05, 4.69) is 4.90 Å². The molecule has 0 unspecified atom stereocenters. The maximum atomic E-state index is 13.1. The third-order valence-electron chi connectivity index (χ3n) is 7.31. The maximum Gasteiger partial charge on any atom is 0.416 e. The smallest absolute Gasteiger partial charge is 0.335 e. The largest absolute Gasteiger partial charge is 0.416 e. The Morgan fingerprint density at radius 3 is 2.47 bits per heavy atom. The molecule has 2 fully saturated rings. The van der Waals surface area contributed by atoms with Crippen LogP contribution in [0.15, 0.2) is 42.5 Å². The molecule has 1 aromatic heterocycles. The lowest BCUT2D eigenvalue weighted by atomic mass is 9.98. The highest BCUT2D eigenvalue weighted by Crippen LogP contribution is 2.38.